The molecule has 1 aromatic carbocycles. The quantitative estimate of drug-likeness (QED) is 0.385. The number of benzene rings is 1. The normalized spacial score (nSPS) is 20.9. The molecule has 29 heavy (non-hydrogen) atoms. The molecule has 8 heteroatoms. The molecule has 4 rings (SSSR count). The monoisotopic (exact) mass is 516 g/mol. The maximum atomic E-state index is 13.5. The molecule has 1 unspecified atom stereocenters. The van der Waals surface area contributed by atoms with Crippen LogP contribution in [-0.2, 0) is 11.3 Å². The molecule has 1 aromatic heterocycles. The molecule has 2 fully saturated rings. The van der Waals surface area contributed by atoms with Gasteiger partial charge in [0.25, 0.3) is 0 Å². The number of nitrogens with zero attached hydrogens (tertiary/aromatic N) is 3. The molecule has 1 N–H and O–H groups in total. The molecule has 0 saturated carbocycles. The molecule has 0 radical (unpaired) electrons. The van der Waals surface area contributed by atoms with Gasteiger partial charge in [0, 0.05) is 57.3 Å². The smallest absolute Gasteiger partial charge is 0.194 e. The van der Waals surface area contributed by atoms with Crippen molar-refractivity contribution in [3.05, 3.63) is 35.3 Å². The van der Waals surface area contributed by atoms with Crippen molar-refractivity contribution in [3.63, 3.8) is 0 Å². The number of piperazine rings is 1. The second kappa shape index (κ2) is 10.1. The summed E-state index contributed by atoms with van der Waals surface area (Å²) in [6.07, 6.45) is 1.18. The third kappa shape index (κ3) is 5.21. The number of hydrogen-bond acceptors (Lipinski definition) is 4. The summed E-state index contributed by atoms with van der Waals surface area (Å²) >= 11 is 0. The molecule has 0 spiro atoms. The lowest BCUT2D eigenvalue weighted by Gasteiger charge is -2.37. The summed E-state index contributed by atoms with van der Waals surface area (Å²) in [5.41, 5.74) is 1.69. The third-order valence-corrected chi connectivity index (χ3v) is 5.83. The van der Waals surface area contributed by atoms with Gasteiger partial charge in [0.15, 0.2) is 5.96 Å². The standard InChI is InChI=1S/C21H29FN4O2.HI/c1-15-18-11-17(22)3-4-19(18)28-20(15)12-24-21(23-2)26-8-6-25(7-9-26)13-16-5-10-27-14-16;/h3-4,11,16H,5-10,12-14H2,1-2H3,(H,23,24);1H. The molecule has 1 atom stereocenters. The Morgan fingerprint density at radius 2 is 2.07 bits per heavy atom. The van der Waals surface area contributed by atoms with Gasteiger partial charge in [-0.2, -0.15) is 0 Å². The SMILES string of the molecule is CN=C(NCc1oc2ccc(F)cc2c1C)N1CCN(CC2CCOC2)CC1.I. The van der Waals surface area contributed by atoms with Gasteiger partial charge < -0.3 is 19.4 Å². The van der Waals surface area contributed by atoms with E-state index in [0.717, 1.165) is 74.2 Å². The zero-order valence-electron chi connectivity index (χ0n) is 17.1. The summed E-state index contributed by atoms with van der Waals surface area (Å²) in [4.78, 5) is 9.26. The van der Waals surface area contributed by atoms with Crippen LogP contribution in [0, 0.1) is 18.7 Å². The van der Waals surface area contributed by atoms with Crippen molar-refractivity contribution in [3.8, 4) is 0 Å². The Bertz CT molecular complexity index is 843. The number of halogens is 2. The average molecular weight is 516 g/mol. The van der Waals surface area contributed by atoms with Gasteiger partial charge in [-0.05, 0) is 37.5 Å². The molecule has 2 aliphatic heterocycles. The first-order valence-electron chi connectivity index (χ1n) is 10.1. The second-order valence-electron chi connectivity index (χ2n) is 7.71. The fraction of sp³-hybridized carbons (Fsp3) is 0.571. The Balaban J connectivity index is 0.00000240. The first-order chi connectivity index (χ1) is 13.6. The van der Waals surface area contributed by atoms with Crippen LogP contribution in [0.15, 0.2) is 27.6 Å². The molecule has 160 valence electrons. The minimum absolute atomic E-state index is 0. The number of rotatable bonds is 4. The Kier molecular flexibility index (Phi) is 7.75. The maximum Gasteiger partial charge on any atom is 0.194 e. The summed E-state index contributed by atoms with van der Waals surface area (Å²) in [5.74, 6) is 2.15. The molecular weight excluding hydrogens is 486 g/mol. The number of aliphatic imine (C=N–C) groups is 1. The summed E-state index contributed by atoms with van der Waals surface area (Å²) in [6, 6.07) is 4.64. The molecule has 0 bridgehead atoms. The van der Waals surface area contributed by atoms with Crippen molar-refractivity contribution in [1.29, 1.82) is 0 Å². The average Bonchev–Trinajstić information content (AvgIpc) is 3.32. The summed E-state index contributed by atoms with van der Waals surface area (Å²) < 4.78 is 24.9. The van der Waals surface area contributed by atoms with E-state index in [1.54, 1.807) is 6.07 Å². The molecule has 0 aliphatic carbocycles. The number of ether oxygens (including phenoxy) is 1. The van der Waals surface area contributed by atoms with Crippen molar-refractivity contribution < 1.29 is 13.5 Å². The van der Waals surface area contributed by atoms with Gasteiger partial charge in [-0.25, -0.2) is 4.39 Å². The summed E-state index contributed by atoms with van der Waals surface area (Å²) in [6.45, 7) is 9.45. The largest absolute Gasteiger partial charge is 0.459 e. The first-order valence-corrected chi connectivity index (χ1v) is 10.1. The number of hydrogen-bond donors (Lipinski definition) is 1. The lowest BCUT2D eigenvalue weighted by atomic mass is 10.1. The Hall–Kier alpha value is -1.39. The molecule has 2 aliphatic rings. The van der Waals surface area contributed by atoms with E-state index in [-0.39, 0.29) is 29.8 Å². The highest BCUT2D eigenvalue weighted by Gasteiger charge is 2.24. The van der Waals surface area contributed by atoms with E-state index in [4.69, 9.17) is 9.15 Å². The van der Waals surface area contributed by atoms with Gasteiger partial charge in [-0.3, -0.25) is 9.89 Å². The number of aryl methyl sites for hydroxylation is 1. The third-order valence-electron chi connectivity index (χ3n) is 5.83. The summed E-state index contributed by atoms with van der Waals surface area (Å²) in [5, 5.41) is 4.24. The zero-order valence-corrected chi connectivity index (χ0v) is 19.4. The van der Waals surface area contributed by atoms with E-state index in [9.17, 15) is 4.39 Å². The van der Waals surface area contributed by atoms with E-state index in [1.807, 2.05) is 14.0 Å². The molecule has 0 amide bonds. The van der Waals surface area contributed by atoms with Gasteiger partial charge in [-0.1, -0.05) is 0 Å². The molecule has 2 aromatic rings. The number of guanidine groups is 1. The van der Waals surface area contributed by atoms with Crippen molar-refractivity contribution in [2.45, 2.75) is 19.9 Å². The van der Waals surface area contributed by atoms with Crippen LogP contribution in [0.5, 0.6) is 0 Å². The Morgan fingerprint density at radius 3 is 2.76 bits per heavy atom. The van der Waals surface area contributed by atoms with Crippen molar-refractivity contribution in [2.75, 3.05) is 53.0 Å². The van der Waals surface area contributed by atoms with Crippen LogP contribution >= 0.6 is 24.0 Å². The number of fused-ring (bicyclic) bond motifs is 1. The van der Waals surface area contributed by atoms with E-state index in [2.05, 4.69) is 20.1 Å². The van der Waals surface area contributed by atoms with Crippen molar-refractivity contribution in [1.82, 2.24) is 15.1 Å². The zero-order chi connectivity index (χ0) is 19.5. The Morgan fingerprint density at radius 1 is 1.28 bits per heavy atom. The van der Waals surface area contributed by atoms with Crippen LogP contribution in [0.4, 0.5) is 4.39 Å². The van der Waals surface area contributed by atoms with Crippen LogP contribution in [0.2, 0.25) is 0 Å². The fourth-order valence-electron chi connectivity index (χ4n) is 4.14. The van der Waals surface area contributed by atoms with Crippen LogP contribution in [-0.4, -0.2) is 68.7 Å². The number of nitrogens with one attached hydrogen (secondary N) is 1. The highest BCUT2D eigenvalue weighted by Crippen LogP contribution is 2.26. The second-order valence-corrected chi connectivity index (χ2v) is 7.71. The van der Waals surface area contributed by atoms with Crippen LogP contribution in [0.1, 0.15) is 17.7 Å². The molecular formula is C21H30FIN4O2. The van der Waals surface area contributed by atoms with E-state index in [0.29, 0.717) is 12.5 Å². The lowest BCUT2D eigenvalue weighted by molar-refractivity contribution is 0.139. The van der Waals surface area contributed by atoms with Crippen LogP contribution < -0.4 is 5.32 Å². The maximum absolute atomic E-state index is 13.5. The van der Waals surface area contributed by atoms with Crippen LogP contribution in [0.3, 0.4) is 0 Å². The molecule has 2 saturated heterocycles. The first kappa shape index (κ1) is 22.3. The van der Waals surface area contributed by atoms with E-state index >= 15 is 0 Å². The fourth-order valence-corrected chi connectivity index (χ4v) is 4.14. The minimum atomic E-state index is -0.242. The highest BCUT2D eigenvalue weighted by atomic mass is 127. The predicted octanol–water partition coefficient (Wildman–Crippen LogP) is 3.23. The number of furan rings is 1. The highest BCUT2D eigenvalue weighted by molar-refractivity contribution is 14.0. The van der Waals surface area contributed by atoms with Crippen molar-refractivity contribution >= 4 is 40.9 Å². The van der Waals surface area contributed by atoms with E-state index in [1.165, 1.54) is 18.6 Å². The van der Waals surface area contributed by atoms with Gasteiger partial charge in [-0.15, -0.1) is 24.0 Å². The molecule has 6 nitrogen and oxygen atoms in total. The van der Waals surface area contributed by atoms with E-state index < -0.39 is 0 Å². The van der Waals surface area contributed by atoms with Gasteiger partial charge in [0.1, 0.15) is 17.2 Å². The Labute approximate surface area is 188 Å². The lowest BCUT2D eigenvalue weighted by Crippen LogP contribution is -2.53. The van der Waals surface area contributed by atoms with Gasteiger partial charge in [0.05, 0.1) is 13.2 Å². The predicted molar refractivity (Wildman–Crippen MR) is 123 cm³/mol. The van der Waals surface area contributed by atoms with Gasteiger partial charge >= 0.3 is 0 Å². The van der Waals surface area contributed by atoms with Gasteiger partial charge in [0.2, 0.25) is 0 Å². The molecule has 3 heterocycles. The summed E-state index contributed by atoms with van der Waals surface area (Å²) in [7, 11) is 1.81. The van der Waals surface area contributed by atoms with Crippen LogP contribution in [0.25, 0.3) is 11.0 Å². The van der Waals surface area contributed by atoms with Crippen molar-refractivity contribution in [2.24, 2.45) is 10.9 Å². The minimum Gasteiger partial charge on any atom is -0.459 e. The topological polar surface area (TPSA) is 53.2 Å².